The van der Waals surface area contributed by atoms with Gasteiger partial charge >= 0.3 is 0 Å². The van der Waals surface area contributed by atoms with E-state index in [9.17, 15) is 5.26 Å². The smallest absolute Gasteiger partial charge is 0.160 e. The minimum atomic E-state index is -0.292. The summed E-state index contributed by atoms with van der Waals surface area (Å²) in [5, 5.41) is 9.80. The molecule has 42 heavy (non-hydrogen) atoms. The number of hydrogen-bond donors (Lipinski definition) is 0. The third kappa shape index (κ3) is 4.59. The second-order valence-corrected chi connectivity index (χ2v) is 12.1. The normalized spacial score (nSPS) is 13.1. The highest BCUT2D eigenvalue weighted by molar-refractivity contribution is 7.99. The quantitative estimate of drug-likeness (QED) is 0.216. The van der Waals surface area contributed by atoms with Crippen molar-refractivity contribution in [2.24, 2.45) is 0 Å². The van der Waals surface area contributed by atoms with Crippen LogP contribution < -0.4 is 0 Å². The van der Waals surface area contributed by atoms with E-state index >= 15 is 0 Å². The molecule has 1 aromatic heterocycles. The second kappa shape index (κ2) is 10.4. The minimum Gasteiger partial charge on any atom is -0.228 e. The number of nitrogens with zero attached hydrogens (tertiary/aromatic N) is 3. The fourth-order valence-electron chi connectivity index (χ4n) is 5.81. The highest BCUT2D eigenvalue weighted by Crippen LogP contribution is 2.50. The monoisotopic (exact) mass is 557 g/mol. The van der Waals surface area contributed by atoms with Crippen molar-refractivity contribution in [3.05, 3.63) is 144 Å². The number of aromatic nitrogens is 2. The maximum Gasteiger partial charge on any atom is 0.160 e. The van der Waals surface area contributed by atoms with Gasteiger partial charge in [0.25, 0.3) is 0 Å². The molecule has 0 amide bonds. The summed E-state index contributed by atoms with van der Waals surface area (Å²) in [4.78, 5) is 12.4. The van der Waals surface area contributed by atoms with E-state index in [-0.39, 0.29) is 5.41 Å². The number of benzene rings is 5. The first-order valence-electron chi connectivity index (χ1n) is 14.0. The van der Waals surface area contributed by atoms with Gasteiger partial charge in [0, 0.05) is 31.9 Å². The summed E-state index contributed by atoms with van der Waals surface area (Å²) < 4.78 is 0. The van der Waals surface area contributed by atoms with Crippen molar-refractivity contribution < 1.29 is 0 Å². The van der Waals surface area contributed by atoms with E-state index in [0.717, 1.165) is 44.1 Å². The molecule has 0 spiro atoms. The third-order valence-corrected chi connectivity index (χ3v) is 9.11. The molecule has 6 aromatic rings. The molecule has 0 bridgehead atoms. The van der Waals surface area contributed by atoms with Crippen molar-refractivity contribution in [2.75, 3.05) is 0 Å². The van der Waals surface area contributed by atoms with Gasteiger partial charge in [0.15, 0.2) is 5.82 Å². The molecule has 0 atom stereocenters. The Bertz CT molecular complexity index is 1970. The average Bonchev–Trinajstić information content (AvgIpc) is 3.05. The SMILES string of the molecule is CC1(C)c2ccc(-c3nc(-c4ccccc4)cc(-c4ccc(-c5ccccc5)cc4)n3)cc2Sc2cccc(C#N)c21. The molecule has 0 saturated carbocycles. The molecule has 7 rings (SSSR count). The zero-order valence-electron chi connectivity index (χ0n) is 23.4. The summed E-state index contributed by atoms with van der Waals surface area (Å²) in [7, 11) is 0. The molecular formula is C38H27N3S. The Morgan fingerprint density at radius 3 is 1.81 bits per heavy atom. The van der Waals surface area contributed by atoms with Crippen molar-refractivity contribution in [2.45, 2.75) is 29.1 Å². The predicted molar refractivity (Wildman–Crippen MR) is 171 cm³/mol. The lowest BCUT2D eigenvalue weighted by Crippen LogP contribution is -2.25. The molecular weight excluding hydrogens is 531 g/mol. The Balaban J connectivity index is 1.33. The molecule has 0 N–H and O–H groups in total. The Morgan fingerprint density at radius 1 is 0.571 bits per heavy atom. The second-order valence-electron chi connectivity index (χ2n) is 11.0. The molecule has 200 valence electrons. The molecule has 4 heteroatoms. The van der Waals surface area contributed by atoms with Crippen LogP contribution in [0.5, 0.6) is 0 Å². The fraction of sp³-hybridized carbons (Fsp3) is 0.0789. The summed E-state index contributed by atoms with van der Waals surface area (Å²) >= 11 is 1.72. The standard InChI is InChI=1S/C38H27N3S/c1-38(2)31-21-20-29(22-35(31)42-34-15-9-14-30(24-39)36(34)38)37-40-32(27-12-7-4-8-13-27)23-33(41-37)28-18-16-26(17-19-28)25-10-5-3-6-11-25/h3-23H,1-2H3. The van der Waals surface area contributed by atoms with Gasteiger partial charge in [-0.15, -0.1) is 0 Å². The molecule has 2 heterocycles. The van der Waals surface area contributed by atoms with Gasteiger partial charge in [0.1, 0.15) is 0 Å². The first-order valence-corrected chi connectivity index (χ1v) is 14.8. The van der Waals surface area contributed by atoms with Crippen molar-refractivity contribution in [3.63, 3.8) is 0 Å². The van der Waals surface area contributed by atoms with E-state index in [1.165, 1.54) is 21.6 Å². The number of hydrogen-bond acceptors (Lipinski definition) is 4. The van der Waals surface area contributed by atoms with Crippen LogP contribution in [0.4, 0.5) is 0 Å². The lowest BCUT2D eigenvalue weighted by atomic mass is 9.75. The molecule has 0 fully saturated rings. The van der Waals surface area contributed by atoms with Gasteiger partial charge in [-0.25, -0.2) is 9.97 Å². The summed E-state index contributed by atoms with van der Waals surface area (Å²) in [5.74, 6) is 0.691. The van der Waals surface area contributed by atoms with Gasteiger partial charge in [-0.05, 0) is 46.5 Å². The highest BCUT2D eigenvalue weighted by atomic mass is 32.2. The Kier molecular flexibility index (Phi) is 6.46. The van der Waals surface area contributed by atoms with E-state index in [2.05, 4.69) is 111 Å². The largest absolute Gasteiger partial charge is 0.228 e. The Hall–Kier alpha value is -4.98. The molecule has 0 unspecified atom stereocenters. The molecule has 0 aliphatic carbocycles. The van der Waals surface area contributed by atoms with Crippen molar-refractivity contribution in [3.8, 4) is 51.1 Å². The highest BCUT2D eigenvalue weighted by Gasteiger charge is 2.35. The van der Waals surface area contributed by atoms with E-state index in [4.69, 9.17) is 9.97 Å². The van der Waals surface area contributed by atoms with Crippen molar-refractivity contribution in [1.82, 2.24) is 9.97 Å². The molecule has 0 saturated heterocycles. The number of fused-ring (bicyclic) bond motifs is 2. The predicted octanol–water partition coefficient (Wildman–Crippen LogP) is 9.81. The molecule has 0 radical (unpaired) electrons. The Morgan fingerprint density at radius 2 is 1.14 bits per heavy atom. The average molecular weight is 558 g/mol. The van der Waals surface area contributed by atoms with Crippen molar-refractivity contribution >= 4 is 11.8 Å². The van der Waals surface area contributed by atoms with Crippen LogP contribution in [0.15, 0.2) is 137 Å². The molecule has 1 aliphatic rings. The van der Waals surface area contributed by atoms with Crippen LogP contribution in [0.25, 0.3) is 45.0 Å². The van der Waals surface area contributed by atoms with Crippen LogP contribution in [-0.2, 0) is 5.41 Å². The van der Waals surface area contributed by atoms with Crippen LogP contribution in [0.3, 0.4) is 0 Å². The maximum absolute atomic E-state index is 9.80. The van der Waals surface area contributed by atoms with E-state index in [1.807, 2.05) is 36.4 Å². The van der Waals surface area contributed by atoms with E-state index < -0.39 is 0 Å². The zero-order valence-corrected chi connectivity index (χ0v) is 24.2. The van der Waals surface area contributed by atoms with Crippen LogP contribution in [0.2, 0.25) is 0 Å². The summed E-state index contributed by atoms with van der Waals surface area (Å²) in [6.07, 6.45) is 0. The van der Waals surface area contributed by atoms with Crippen molar-refractivity contribution in [1.29, 1.82) is 5.26 Å². The molecule has 3 nitrogen and oxygen atoms in total. The molecule has 1 aliphatic heterocycles. The Labute approximate surface area is 250 Å². The minimum absolute atomic E-state index is 0.292. The van der Waals surface area contributed by atoms with Gasteiger partial charge in [0.05, 0.1) is 23.0 Å². The van der Waals surface area contributed by atoms with Gasteiger partial charge in [-0.3, -0.25) is 0 Å². The number of nitriles is 1. The van der Waals surface area contributed by atoms with E-state index in [1.54, 1.807) is 11.8 Å². The third-order valence-electron chi connectivity index (χ3n) is 7.99. The summed E-state index contributed by atoms with van der Waals surface area (Å²) in [6.45, 7) is 4.41. The fourth-order valence-corrected chi connectivity index (χ4v) is 7.28. The van der Waals surface area contributed by atoms with Crippen LogP contribution in [0.1, 0.15) is 30.5 Å². The number of rotatable bonds is 4. The first kappa shape index (κ1) is 26.0. The zero-order chi connectivity index (χ0) is 28.7. The van der Waals surface area contributed by atoms with Crippen LogP contribution in [0, 0.1) is 11.3 Å². The topological polar surface area (TPSA) is 49.6 Å². The lowest BCUT2D eigenvalue weighted by Gasteiger charge is -2.35. The van der Waals surface area contributed by atoms with Gasteiger partial charge in [-0.2, -0.15) is 5.26 Å². The molecule has 5 aromatic carbocycles. The maximum atomic E-state index is 9.80. The van der Waals surface area contributed by atoms with Gasteiger partial charge < -0.3 is 0 Å². The first-order chi connectivity index (χ1) is 20.5. The van der Waals surface area contributed by atoms with E-state index in [0.29, 0.717) is 5.82 Å². The lowest BCUT2D eigenvalue weighted by molar-refractivity contribution is 0.605. The summed E-state index contributed by atoms with van der Waals surface area (Å²) in [5.41, 5.74) is 9.95. The summed E-state index contributed by atoms with van der Waals surface area (Å²) in [6, 6.07) is 46.2. The van der Waals surface area contributed by atoms with Crippen LogP contribution >= 0.6 is 11.8 Å². The van der Waals surface area contributed by atoms with Crippen LogP contribution in [-0.4, -0.2) is 9.97 Å². The van der Waals surface area contributed by atoms with Gasteiger partial charge in [-0.1, -0.05) is 129 Å². The van der Waals surface area contributed by atoms with Gasteiger partial charge in [0.2, 0.25) is 0 Å².